The highest BCUT2D eigenvalue weighted by atomic mass is 32.2. The normalized spacial score (nSPS) is 14.5. The molecule has 3 aromatic carbocycles. The lowest BCUT2D eigenvalue weighted by molar-refractivity contribution is 0.0544. The van der Waals surface area contributed by atoms with Crippen LogP contribution in [0.1, 0.15) is 77.2 Å². The van der Waals surface area contributed by atoms with Gasteiger partial charge in [0.25, 0.3) is 11.8 Å². The number of thiophene rings is 1. The Balaban J connectivity index is 0.00000336. The van der Waals surface area contributed by atoms with Crippen molar-refractivity contribution in [2.75, 3.05) is 24.4 Å². The zero-order valence-corrected chi connectivity index (χ0v) is 33.6. The standard InChI is InChI=1S/C40H45N5O5S3.2H2O/c1-4-6-19-43(20-7-5-2)40(48)36-21-28(3)45(41-36)37-18-17-31(42-53(50)38-24-34(27-51-38)52(49)33-15-9-8-10-16-33)23-35(37)39(47)44-25-30-14-12-11-13-29(30)22-32(44)26-46;;/h8-18,21,23-24,27,32,42,46H,4-7,19-20,22,25-26H2,1-3H3;2*1H2/t32-,52?,53?;;/m0../s1. The van der Waals surface area contributed by atoms with Crippen molar-refractivity contribution in [2.45, 2.75) is 79.5 Å². The molecule has 0 spiro atoms. The first-order valence-electron chi connectivity index (χ1n) is 17.9. The van der Waals surface area contributed by atoms with Gasteiger partial charge in [-0.3, -0.25) is 9.59 Å². The van der Waals surface area contributed by atoms with Crippen LogP contribution in [0.5, 0.6) is 0 Å². The van der Waals surface area contributed by atoms with Crippen LogP contribution in [0.15, 0.2) is 104 Å². The van der Waals surface area contributed by atoms with E-state index in [1.165, 1.54) is 11.3 Å². The minimum absolute atomic E-state index is 0. The van der Waals surface area contributed by atoms with Crippen LogP contribution in [0.25, 0.3) is 5.69 Å². The van der Waals surface area contributed by atoms with Gasteiger partial charge in [0.05, 0.1) is 39.6 Å². The van der Waals surface area contributed by atoms with Gasteiger partial charge in [0.15, 0.2) is 16.7 Å². The predicted octanol–water partition coefficient (Wildman–Crippen LogP) is 5.50. The predicted molar refractivity (Wildman–Crippen MR) is 218 cm³/mol. The van der Waals surface area contributed by atoms with Gasteiger partial charge in [0, 0.05) is 41.3 Å². The molecule has 2 unspecified atom stereocenters. The Bertz CT molecular complexity index is 2110. The van der Waals surface area contributed by atoms with Gasteiger partial charge >= 0.3 is 0 Å². The third kappa shape index (κ3) is 9.84. The number of unbranched alkanes of at least 4 members (excludes halogenated alkanes) is 2. The van der Waals surface area contributed by atoms with Gasteiger partial charge in [-0.15, -0.1) is 11.3 Å². The van der Waals surface area contributed by atoms with Crippen LogP contribution < -0.4 is 4.72 Å². The summed E-state index contributed by atoms with van der Waals surface area (Å²) >= 11 is 1.24. The smallest absolute Gasteiger partial charge is 0.274 e. The van der Waals surface area contributed by atoms with Crippen molar-refractivity contribution in [3.05, 3.63) is 118 Å². The van der Waals surface area contributed by atoms with Crippen molar-refractivity contribution in [3.8, 4) is 5.69 Å². The highest BCUT2D eigenvalue weighted by Gasteiger charge is 2.32. The molecule has 12 nitrogen and oxygen atoms in total. The molecule has 2 aromatic heterocycles. The first-order valence-corrected chi connectivity index (χ1v) is 21.1. The van der Waals surface area contributed by atoms with Crippen LogP contribution in [0.3, 0.4) is 0 Å². The van der Waals surface area contributed by atoms with E-state index in [4.69, 9.17) is 5.10 Å². The van der Waals surface area contributed by atoms with Gasteiger partial charge in [-0.2, -0.15) is 5.10 Å². The summed E-state index contributed by atoms with van der Waals surface area (Å²) in [5.74, 6) is -0.471. The number of benzene rings is 3. The van der Waals surface area contributed by atoms with Gasteiger partial charge in [-0.1, -0.05) is 69.2 Å². The number of nitrogens with zero attached hydrogens (tertiary/aromatic N) is 4. The van der Waals surface area contributed by atoms with E-state index in [-0.39, 0.29) is 34.9 Å². The molecule has 3 atom stereocenters. The number of anilines is 1. The number of rotatable bonds is 15. The van der Waals surface area contributed by atoms with Gasteiger partial charge in [0.1, 0.15) is 4.21 Å². The number of hydrogen-bond donors (Lipinski definition) is 2. The minimum atomic E-state index is -1.72. The van der Waals surface area contributed by atoms with Gasteiger partial charge in [-0.05, 0) is 79.8 Å². The summed E-state index contributed by atoms with van der Waals surface area (Å²) in [7, 11) is -3.14. The lowest BCUT2D eigenvalue weighted by Gasteiger charge is -2.36. The third-order valence-electron chi connectivity index (χ3n) is 9.36. The van der Waals surface area contributed by atoms with E-state index in [0.29, 0.717) is 62.8 Å². The maximum atomic E-state index is 14.7. The fourth-order valence-electron chi connectivity index (χ4n) is 6.43. The van der Waals surface area contributed by atoms with Crippen molar-refractivity contribution in [1.29, 1.82) is 0 Å². The zero-order chi connectivity index (χ0) is 37.5. The largest absolute Gasteiger partial charge is 0.412 e. The lowest BCUT2D eigenvalue weighted by atomic mass is 9.93. The molecule has 6 N–H and O–H groups in total. The average molecular weight is 808 g/mol. The first kappa shape index (κ1) is 43.2. The number of hydrogen-bond acceptors (Lipinski definition) is 7. The Morgan fingerprint density at radius 1 is 0.909 bits per heavy atom. The number of carbonyl (C=O) groups is 2. The quantitative estimate of drug-likeness (QED) is 0.141. The van der Waals surface area contributed by atoms with E-state index in [9.17, 15) is 23.1 Å². The Labute approximate surface area is 330 Å². The Morgan fingerprint density at radius 2 is 1.58 bits per heavy atom. The van der Waals surface area contributed by atoms with Crippen molar-refractivity contribution < 1.29 is 34.1 Å². The molecule has 5 aromatic rings. The van der Waals surface area contributed by atoms with E-state index in [1.54, 1.807) is 57.4 Å². The summed E-state index contributed by atoms with van der Waals surface area (Å²) in [4.78, 5) is 33.1. The molecule has 15 heteroatoms. The number of aryl methyl sites for hydroxylation is 1. The topological polar surface area (TPSA) is 188 Å². The second kappa shape index (κ2) is 19.9. The number of fused-ring (bicyclic) bond motifs is 1. The van der Waals surface area contributed by atoms with E-state index in [2.05, 4.69) is 18.6 Å². The second-order valence-corrected chi connectivity index (χ2v) is 16.9. The molecule has 0 bridgehead atoms. The van der Waals surface area contributed by atoms with Crippen LogP contribution in [0, 0.1) is 6.92 Å². The summed E-state index contributed by atoms with van der Waals surface area (Å²) in [5, 5.41) is 16.9. The Hall–Kier alpha value is -4.51. The van der Waals surface area contributed by atoms with Crippen molar-refractivity contribution in [3.63, 3.8) is 0 Å². The SMILES string of the molecule is CCCCN(CCCC)C(=O)c1cc(C)n(-c2ccc(NS(=O)c3cc(S(=O)c4ccccc4)cs3)cc2C(=O)N2Cc3ccccc3C[C@H]2CO)n1.O.O. The fourth-order valence-corrected chi connectivity index (χ4v) is 9.76. The van der Waals surface area contributed by atoms with Crippen molar-refractivity contribution in [2.24, 2.45) is 0 Å². The van der Waals surface area contributed by atoms with Crippen molar-refractivity contribution in [1.82, 2.24) is 19.6 Å². The molecule has 0 saturated heterocycles. The van der Waals surface area contributed by atoms with E-state index in [0.717, 1.165) is 36.8 Å². The molecule has 2 amide bonds. The molecule has 294 valence electrons. The molecule has 0 saturated carbocycles. The summed E-state index contributed by atoms with van der Waals surface area (Å²) < 4.78 is 31.9. The van der Waals surface area contributed by atoms with Crippen LogP contribution in [0.2, 0.25) is 0 Å². The number of aromatic nitrogens is 2. The number of aliphatic hydroxyl groups is 1. The van der Waals surface area contributed by atoms with Crippen LogP contribution in [-0.4, -0.2) is 81.6 Å². The summed E-state index contributed by atoms with van der Waals surface area (Å²) in [6, 6.07) is 25.1. The van der Waals surface area contributed by atoms with Gasteiger partial charge < -0.3 is 30.6 Å². The third-order valence-corrected chi connectivity index (χ3v) is 13.2. The molecule has 0 radical (unpaired) electrons. The molecule has 3 heterocycles. The first-order chi connectivity index (χ1) is 25.7. The fraction of sp³-hybridized carbons (Fsp3) is 0.325. The number of carbonyl (C=O) groups excluding carboxylic acids is 2. The van der Waals surface area contributed by atoms with Crippen LogP contribution in [-0.2, 0) is 34.8 Å². The maximum absolute atomic E-state index is 14.7. The Kier molecular flexibility index (Phi) is 15.6. The molecule has 0 aliphatic carbocycles. The zero-order valence-electron chi connectivity index (χ0n) is 31.2. The number of aliphatic hydroxyl groups excluding tert-OH is 1. The van der Waals surface area contributed by atoms with Crippen LogP contribution in [0.4, 0.5) is 5.69 Å². The Morgan fingerprint density at radius 3 is 2.25 bits per heavy atom. The number of amides is 2. The van der Waals surface area contributed by atoms with E-state index in [1.807, 2.05) is 54.3 Å². The van der Waals surface area contributed by atoms with E-state index < -0.39 is 27.8 Å². The highest BCUT2D eigenvalue weighted by molar-refractivity contribution is 7.89. The molecule has 6 rings (SSSR count). The average Bonchev–Trinajstić information content (AvgIpc) is 3.84. The van der Waals surface area contributed by atoms with Crippen molar-refractivity contribution >= 4 is 50.6 Å². The monoisotopic (exact) mass is 807 g/mol. The highest BCUT2D eigenvalue weighted by Crippen LogP contribution is 2.31. The molecular weight excluding hydrogens is 759 g/mol. The van der Waals surface area contributed by atoms with Gasteiger partial charge in [-0.25, -0.2) is 13.1 Å². The summed E-state index contributed by atoms with van der Waals surface area (Å²) in [6.07, 6.45) is 4.23. The van der Waals surface area contributed by atoms with Crippen LogP contribution >= 0.6 is 11.3 Å². The maximum Gasteiger partial charge on any atom is 0.274 e. The molecule has 1 aliphatic heterocycles. The lowest BCUT2D eigenvalue weighted by Crippen LogP contribution is -2.46. The summed E-state index contributed by atoms with van der Waals surface area (Å²) in [5.41, 5.74) is 4.25. The molecular formula is C40H49N5O7S3. The number of nitrogens with one attached hydrogen (secondary N) is 1. The minimum Gasteiger partial charge on any atom is -0.412 e. The molecule has 55 heavy (non-hydrogen) atoms. The van der Waals surface area contributed by atoms with Gasteiger partial charge in [0.2, 0.25) is 0 Å². The molecule has 0 fully saturated rings. The summed E-state index contributed by atoms with van der Waals surface area (Å²) in [6.45, 7) is 7.44. The van der Waals surface area contributed by atoms with E-state index >= 15 is 0 Å². The molecule has 1 aliphatic rings. The second-order valence-electron chi connectivity index (χ2n) is 13.1.